The van der Waals surface area contributed by atoms with Gasteiger partial charge < -0.3 is 5.32 Å². The van der Waals surface area contributed by atoms with Crippen LogP contribution in [0, 0.1) is 11.8 Å². The Labute approximate surface area is 78.7 Å². The number of carbonyl (C=O) groups is 1. The molecule has 0 fully saturated rings. The van der Waals surface area contributed by atoms with Crippen LogP contribution < -0.4 is 5.32 Å². The van der Waals surface area contributed by atoms with E-state index in [1.807, 2.05) is 13.8 Å². The van der Waals surface area contributed by atoms with Gasteiger partial charge in [0.25, 0.3) is 0 Å². The summed E-state index contributed by atoms with van der Waals surface area (Å²) in [5.74, 6) is 5.42. The summed E-state index contributed by atoms with van der Waals surface area (Å²) < 4.78 is 0. The van der Waals surface area contributed by atoms with Crippen LogP contribution in [0.1, 0.15) is 27.7 Å². The summed E-state index contributed by atoms with van der Waals surface area (Å²) in [6.45, 7) is 7.03. The molecule has 0 aliphatic heterocycles. The lowest BCUT2D eigenvalue weighted by atomic mass is 10.1. The van der Waals surface area contributed by atoms with E-state index in [1.54, 1.807) is 13.8 Å². The molecule has 0 spiro atoms. The summed E-state index contributed by atoms with van der Waals surface area (Å²) in [6, 6.07) is 0. The van der Waals surface area contributed by atoms with E-state index in [4.69, 9.17) is 11.6 Å². The van der Waals surface area contributed by atoms with Gasteiger partial charge in [-0.25, -0.2) is 0 Å². The molecule has 0 heterocycles. The molecule has 0 bridgehead atoms. The lowest BCUT2D eigenvalue weighted by Gasteiger charge is -2.20. The van der Waals surface area contributed by atoms with Gasteiger partial charge in [0.1, 0.15) is 5.38 Å². The highest BCUT2D eigenvalue weighted by molar-refractivity contribution is 6.30. The first-order valence-electron chi connectivity index (χ1n) is 3.79. The van der Waals surface area contributed by atoms with Crippen LogP contribution in [-0.2, 0) is 4.79 Å². The van der Waals surface area contributed by atoms with Gasteiger partial charge in [-0.1, -0.05) is 5.92 Å². The van der Waals surface area contributed by atoms with Gasteiger partial charge in [0.05, 0.1) is 5.54 Å². The maximum absolute atomic E-state index is 11.1. The lowest BCUT2D eigenvalue weighted by Crippen LogP contribution is -2.45. The van der Waals surface area contributed by atoms with Gasteiger partial charge in [-0.3, -0.25) is 4.79 Å². The van der Waals surface area contributed by atoms with Gasteiger partial charge >= 0.3 is 0 Å². The van der Waals surface area contributed by atoms with Gasteiger partial charge in [-0.05, 0) is 27.7 Å². The van der Waals surface area contributed by atoms with Crippen LogP contribution in [0.2, 0.25) is 0 Å². The first kappa shape index (κ1) is 11.3. The second kappa shape index (κ2) is 4.37. The molecule has 0 rings (SSSR count). The minimum atomic E-state index is -0.511. The zero-order valence-corrected chi connectivity index (χ0v) is 8.62. The molecule has 12 heavy (non-hydrogen) atoms. The van der Waals surface area contributed by atoms with Crippen molar-refractivity contribution in [3.63, 3.8) is 0 Å². The normalized spacial score (nSPS) is 12.8. The first-order valence-corrected chi connectivity index (χ1v) is 4.22. The summed E-state index contributed by atoms with van der Waals surface area (Å²) in [5.41, 5.74) is -0.491. The van der Waals surface area contributed by atoms with Crippen molar-refractivity contribution < 1.29 is 4.79 Å². The molecular formula is C9H14ClNO. The number of halogens is 1. The Bertz CT molecular complexity index is 222. The fraction of sp³-hybridized carbons (Fsp3) is 0.667. The third-order valence-electron chi connectivity index (χ3n) is 1.23. The zero-order valence-electron chi connectivity index (χ0n) is 7.86. The molecule has 1 amide bonds. The molecular weight excluding hydrogens is 174 g/mol. The van der Waals surface area contributed by atoms with Crippen molar-refractivity contribution in [2.24, 2.45) is 0 Å². The SMILES string of the molecule is CC#CC(C)(C)NC(=O)C(C)Cl. The van der Waals surface area contributed by atoms with E-state index in [2.05, 4.69) is 17.2 Å². The number of alkyl halides is 1. The summed E-state index contributed by atoms with van der Waals surface area (Å²) in [6.07, 6.45) is 0. The van der Waals surface area contributed by atoms with Gasteiger partial charge in [-0.15, -0.1) is 17.5 Å². The molecule has 1 unspecified atom stereocenters. The Balaban J connectivity index is 4.22. The summed E-state index contributed by atoms with van der Waals surface area (Å²) in [7, 11) is 0. The largest absolute Gasteiger partial charge is 0.339 e. The summed E-state index contributed by atoms with van der Waals surface area (Å²) in [5, 5.41) is 2.20. The minimum absolute atomic E-state index is 0.190. The highest BCUT2D eigenvalue weighted by atomic mass is 35.5. The highest BCUT2D eigenvalue weighted by Crippen LogP contribution is 2.02. The molecule has 3 heteroatoms. The van der Waals surface area contributed by atoms with E-state index in [9.17, 15) is 4.79 Å². The molecule has 0 saturated heterocycles. The van der Waals surface area contributed by atoms with E-state index in [-0.39, 0.29) is 5.91 Å². The molecule has 1 N–H and O–H groups in total. The van der Waals surface area contributed by atoms with Crippen molar-refractivity contribution in [2.45, 2.75) is 38.6 Å². The third kappa shape index (κ3) is 4.25. The Morgan fingerprint density at radius 2 is 2.08 bits per heavy atom. The van der Waals surface area contributed by atoms with Crippen LogP contribution in [0.5, 0.6) is 0 Å². The number of hydrogen-bond donors (Lipinski definition) is 1. The maximum Gasteiger partial charge on any atom is 0.238 e. The predicted octanol–water partition coefficient (Wildman–Crippen LogP) is 1.53. The number of amides is 1. The van der Waals surface area contributed by atoms with Crippen molar-refractivity contribution in [1.29, 1.82) is 0 Å². The third-order valence-corrected chi connectivity index (χ3v) is 1.43. The minimum Gasteiger partial charge on any atom is -0.339 e. The van der Waals surface area contributed by atoms with Crippen LogP contribution in [0.4, 0.5) is 0 Å². The lowest BCUT2D eigenvalue weighted by molar-refractivity contribution is -0.121. The highest BCUT2D eigenvalue weighted by Gasteiger charge is 2.19. The summed E-state index contributed by atoms with van der Waals surface area (Å²) in [4.78, 5) is 11.1. The van der Waals surface area contributed by atoms with Crippen molar-refractivity contribution in [3.8, 4) is 11.8 Å². The second-order valence-electron chi connectivity index (χ2n) is 3.11. The molecule has 0 saturated carbocycles. The standard InChI is InChI=1S/C9H14ClNO/c1-5-6-9(3,4)11-8(12)7(2)10/h7H,1-4H3,(H,11,12). The van der Waals surface area contributed by atoms with E-state index in [0.717, 1.165) is 0 Å². The van der Waals surface area contributed by atoms with Gasteiger partial charge in [-0.2, -0.15) is 0 Å². The summed E-state index contributed by atoms with van der Waals surface area (Å²) >= 11 is 5.57. The molecule has 2 nitrogen and oxygen atoms in total. The Morgan fingerprint density at radius 1 is 1.58 bits per heavy atom. The smallest absolute Gasteiger partial charge is 0.238 e. The van der Waals surface area contributed by atoms with Gasteiger partial charge in [0.15, 0.2) is 0 Å². The Kier molecular flexibility index (Phi) is 4.12. The average Bonchev–Trinajstić information content (AvgIpc) is 1.85. The number of rotatable bonds is 2. The quantitative estimate of drug-likeness (QED) is 0.516. The van der Waals surface area contributed by atoms with E-state index in [1.165, 1.54) is 0 Å². The van der Waals surface area contributed by atoms with E-state index >= 15 is 0 Å². The molecule has 0 aromatic heterocycles. The number of hydrogen-bond acceptors (Lipinski definition) is 1. The van der Waals surface area contributed by atoms with Crippen molar-refractivity contribution >= 4 is 17.5 Å². The maximum atomic E-state index is 11.1. The van der Waals surface area contributed by atoms with Gasteiger partial charge in [0.2, 0.25) is 5.91 Å². The van der Waals surface area contributed by atoms with Crippen LogP contribution >= 0.6 is 11.6 Å². The van der Waals surface area contributed by atoms with Gasteiger partial charge in [0, 0.05) is 0 Å². The average molecular weight is 188 g/mol. The topological polar surface area (TPSA) is 29.1 Å². The number of nitrogens with one attached hydrogen (secondary N) is 1. The van der Waals surface area contributed by atoms with Crippen molar-refractivity contribution in [1.82, 2.24) is 5.32 Å². The van der Waals surface area contributed by atoms with Crippen molar-refractivity contribution in [2.75, 3.05) is 0 Å². The van der Waals surface area contributed by atoms with E-state index in [0.29, 0.717) is 0 Å². The molecule has 68 valence electrons. The number of carbonyl (C=O) groups excluding carboxylic acids is 1. The Hall–Kier alpha value is -0.680. The van der Waals surface area contributed by atoms with Crippen LogP contribution in [0.15, 0.2) is 0 Å². The molecule has 0 aliphatic rings. The molecule has 1 atom stereocenters. The van der Waals surface area contributed by atoms with E-state index < -0.39 is 10.9 Å². The fourth-order valence-electron chi connectivity index (χ4n) is 0.751. The van der Waals surface area contributed by atoms with Crippen LogP contribution in [-0.4, -0.2) is 16.8 Å². The second-order valence-corrected chi connectivity index (χ2v) is 3.76. The molecule has 0 radical (unpaired) electrons. The van der Waals surface area contributed by atoms with Crippen LogP contribution in [0.25, 0.3) is 0 Å². The van der Waals surface area contributed by atoms with Crippen molar-refractivity contribution in [3.05, 3.63) is 0 Å². The fourth-order valence-corrected chi connectivity index (χ4v) is 0.806. The Morgan fingerprint density at radius 3 is 2.42 bits per heavy atom. The first-order chi connectivity index (χ1) is 5.39. The molecule has 0 aromatic carbocycles. The molecule has 0 aromatic rings. The van der Waals surface area contributed by atoms with Crippen LogP contribution in [0.3, 0.4) is 0 Å². The monoisotopic (exact) mass is 187 g/mol. The predicted molar refractivity (Wildman–Crippen MR) is 51.0 cm³/mol. The zero-order chi connectivity index (χ0) is 9.78. The molecule has 0 aliphatic carbocycles.